The minimum atomic E-state index is -1.12. The average molecular weight is 376 g/mol. The Kier molecular flexibility index (Phi) is 5.13. The Balaban J connectivity index is 0.000000161. The standard InChI is InChI=1S/2C11H8O3/c2*12-10-6-8-4-2-1-3-7(8)5-9(10)11(13)14/h2*1-6,12H,(H,13,14). The molecule has 4 N–H and O–H groups in total. The molecule has 4 aromatic carbocycles. The zero-order valence-corrected chi connectivity index (χ0v) is 14.5. The molecular weight excluding hydrogens is 360 g/mol. The van der Waals surface area contributed by atoms with E-state index in [0.29, 0.717) is 0 Å². The SMILES string of the molecule is O=C(O)c1cc2ccccc2cc1O.O=C(O)c1cc2ccccc2cc1O. The average Bonchev–Trinajstić information content (AvgIpc) is 2.67. The van der Waals surface area contributed by atoms with Crippen LogP contribution in [-0.4, -0.2) is 32.4 Å². The molecule has 0 unspecified atom stereocenters. The van der Waals surface area contributed by atoms with E-state index < -0.39 is 11.9 Å². The fourth-order valence-corrected chi connectivity index (χ4v) is 2.80. The predicted octanol–water partition coefficient (Wildman–Crippen LogP) is 4.49. The first-order valence-corrected chi connectivity index (χ1v) is 8.27. The number of hydrogen-bond donors (Lipinski definition) is 4. The highest BCUT2D eigenvalue weighted by atomic mass is 16.4. The van der Waals surface area contributed by atoms with Crippen LogP contribution in [-0.2, 0) is 0 Å². The molecule has 0 aliphatic carbocycles. The molecule has 0 aromatic heterocycles. The van der Waals surface area contributed by atoms with Crippen LogP contribution in [0.4, 0.5) is 0 Å². The maximum absolute atomic E-state index is 10.7. The Morgan fingerprint density at radius 1 is 0.536 bits per heavy atom. The Hall–Kier alpha value is -4.06. The highest BCUT2D eigenvalue weighted by Crippen LogP contribution is 2.25. The van der Waals surface area contributed by atoms with Crippen molar-refractivity contribution < 1.29 is 30.0 Å². The zero-order chi connectivity index (χ0) is 20.3. The number of hydrogen-bond acceptors (Lipinski definition) is 4. The van der Waals surface area contributed by atoms with Crippen LogP contribution < -0.4 is 0 Å². The van der Waals surface area contributed by atoms with Gasteiger partial charge in [-0.25, -0.2) is 9.59 Å². The number of carbonyl (C=O) groups is 2. The lowest BCUT2D eigenvalue weighted by molar-refractivity contribution is 0.0682. The molecule has 0 saturated heterocycles. The van der Waals surface area contributed by atoms with E-state index in [-0.39, 0.29) is 22.6 Å². The van der Waals surface area contributed by atoms with Crippen molar-refractivity contribution in [2.45, 2.75) is 0 Å². The summed E-state index contributed by atoms with van der Waals surface area (Å²) in [6, 6.07) is 20.4. The lowest BCUT2D eigenvalue weighted by Crippen LogP contribution is -1.96. The smallest absolute Gasteiger partial charge is 0.339 e. The van der Waals surface area contributed by atoms with Gasteiger partial charge in [-0.1, -0.05) is 48.5 Å². The van der Waals surface area contributed by atoms with Crippen molar-refractivity contribution in [2.24, 2.45) is 0 Å². The van der Waals surface area contributed by atoms with Crippen LogP contribution in [0.3, 0.4) is 0 Å². The molecular formula is C22H16O6. The van der Waals surface area contributed by atoms with Crippen molar-refractivity contribution in [3.05, 3.63) is 83.9 Å². The van der Waals surface area contributed by atoms with Crippen molar-refractivity contribution in [3.8, 4) is 11.5 Å². The van der Waals surface area contributed by atoms with Crippen molar-refractivity contribution >= 4 is 33.5 Å². The van der Waals surface area contributed by atoms with E-state index in [4.69, 9.17) is 10.2 Å². The van der Waals surface area contributed by atoms with E-state index >= 15 is 0 Å². The fourth-order valence-electron chi connectivity index (χ4n) is 2.80. The number of carboxylic acids is 2. The predicted molar refractivity (Wildman–Crippen MR) is 105 cm³/mol. The molecule has 140 valence electrons. The quantitative estimate of drug-likeness (QED) is 0.410. The molecule has 4 aromatic rings. The van der Waals surface area contributed by atoms with Crippen LogP contribution in [0.25, 0.3) is 21.5 Å². The minimum absolute atomic E-state index is 0.0660. The lowest BCUT2D eigenvalue weighted by Gasteiger charge is -2.02. The third-order valence-corrected chi connectivity index (χ3v) is 4.19. The molecule has 28 heavy (non-hydrogen) atoms. The van der Waals surface area contributed by atoms with Gasteiger partial charge in [-0.05, 0) is 45.8 Å². The lowest BCUT2D eigenvalue weighted by atomic mass is 10.1. The molecule has 0 amide bonds. The van der Waals surface area contributed by atoms with E-state index in [9.17, 15) is 19.8 Å². The maximum Gasteiger partial charge on any atom is 0.339 e. The second-order valence-corrected chi connectivity index (χ2v) is 6.04. The van der Waals surface area contributed by atoms with Crippen molar-refractivity contribution in [1.29, 1.82) is 0 Å². The summed E-state index contributed by atoms with van der Waals surface area (Å²) in [6.07, 6.45) is 0. The fraction of sp³-hybridized carbons (Fsp3) is 0. The normalized spacial score (nSPS) is 10.3. The summed E-state index contributed by atoms with van der Waals surface area (Å²) in [6.45, 7) is 0. The maximum atomic E-state index is 10.7. The Morgan fingerprint density at radius 2 is 0.821 bits per heavy atom. The number of phenols is 2. The monoisotopic (exact) mass is 376 g/mol. The van der Waals surface area contributed by atoms with Gasteiger partial charge in [-0.2, -0.15) is 0 Å². The minimum Gasteiger partial charge on any atom is -0.507 e. The number of benzene rings is 4. The van der Waals surface area contributed by atoms with Gasteiger partial charge in [-0.15, -0.1) is 0 Å². The molecule has 0 spiro atoms. The Bertz CT molecular complexity index is 1100. The van der Waals surface area contributed by atoms with E-state index in [1.54, 1.807) is 12.1 Å². The molecule has 6 nitrogen and oxygen atoms in total. The molecule has 0 bridgehead atoms. The van der Waals surface area contributed by atoms with Crippen LogP contribution in [0.1, 0.15) is 20.7 Å². The molecule has 4 rings (SSSR count). The van der Waals surface area contributed by atoms with E-state index in [2.05, 4.69) is 0 Å². The largest absolute Gasteiger partial charge is 0.507 e. The van der Waals surface area contributed by atoms with E-state index in [1.165, 1.54) is 24.3 Å². The van der Waals surface area contributed by atoms with Gasteiger partial charge in [0.05, 0.1) is 0 Å². The van der Waals surface area contributed by atoms with Gasteiger partial charge in [-0.3, -0.25) is 0 Å². The first kappa shape index (κ1) is 18.7. The van der Waals surface area contributed by atoms with Gasteiger partial charge in [0, 0.05) is 0 Å². The topological polar surface area (TPSA) is 115 Å². The molecule has 0 saturated carbocycles. The van der Waals surface area contributed by atoms with Gasteiger partial charge in [0.1, 0.15) is 22.6 Å². The van der Waals surface area contributed by atoms with Gasteiger partial charge < -0.3 is 20.4 Å². The first-order valence-electron chi connectivity index (χ1n) is 8.27. The Labute approximate surface area is 159 Å². The summed E-state index contributed by atoms with van der Waals surface area (Å²) in [4.78, 5) is 21.4. The van der Waals surface area contributed by atoms with Crippen LogP contribution in [0.5, 0.6) is 11.5 Å². The molecule has 0 radical (unpaired) electrons. The summed E-state index contributed by atoms with van der Waals surface area (Å²) in [7, 11) is 0. The van der Waals surface area contributed by atoms with Crippen LogP contribution in [0, 0.1) is 0 Å². The van der Waals surface area contributed by atoms with Gasteiger partial charge in [0.2, 0.25) is 0 Å². The van der Waals surface area contributed by atoms with Crippen LogP contribution >= 0.6 is 0 Å². The van der Waals surface area contributed by atoms with Crippen molar-refractivity contribution in [1.82, 2.24) is 0 Å². The molecule has 0 heterocycles. The summed E-state index contributed by atoms with van der Waals surface area (Å²) in [5.74, 6) is -2.63. The summed E-state index contributed by atoms with van der Waals surface area (Å²) >= 11 is 0. The number of rotatable bonds is 2. The first-order chi connectivity index (χ1) is 13.4. The number of aromatic hydroxyl groups is 2. The molecule has 0 fully saturated rings. The zero-order valence-electron chi connectivity index (χ0n) is 14.5. The highest BCUT2D eigenvalue weighted by Gasteiger charge is 2.10. The third-order valence-electron chi connectivity index (χ3n) is 4.19. The van der Waals surface area contributed by atoms with Crippen molar-refractivity contribution in [3.63, 3.8) is 0 Å². The summed E-state index contributed by atoms with van der Waals surface area (Å²) in [5, 5.41) is 39.6. The Morgan fingerprint density at radius 3 is 1.11 bits per heavy atom. The highest BCUT2D eigenvalue weighted by molar-refractivity contribution is 5.98. The van der Waals surface area contributed by atoms with Crippen molar-refractivity contribution in [2.75, 3.05) is 0 Å². The van der Waals surface area contributed by atoms with Gasteiger partial charge in [0.25, 0.3) is 0 Å². The third kappa shape index (κ3) is 3.86. The second-order valence-electron chi connectivity index (χ2n) is 6.04. The number of fused-ring (bicyclic) bond motifs is 2. The number of aromatic carboxylic acids is 2. The second kappa shape index (κ2) is 7.67. The molecule has 6 heteroatoms. The van der Waals surface area contributed by atoms with E-state index in [1.807, 2.05) is 36.4 Å². The molecule has 0 aliphatic rings. The van der Waals surface area contributed by atoms with Gasteiger partial charge in [0.15, 0.2) is 0 Å². The number of carboxylic acid groups (broad SMARTS) is 2. The molecule has 0 atom stereocenters. The summed E-state index contributed by atoms with van der Waals surface area (Å²) in [5.41, 5.74) is -0.132. The van der Waals surface area contributed by atoms with Crippen LogP contribution in [0.2, 0.25) is 0 Å². The van der Waals surface area contributed by atoms with Gasteiger partial charge >= 0.3 is 11.9 Å². The van der Waals surface area contributed by atoms with Crippen LogP contribution in [0.15, 0.2) is 72.8 Å². The van der Waals surface area contributed by atoms with E-state index in [0.717, 1.165) is 21.5 Å². The summed E-state index contributed by atoms with van der Waals surface area (Å²) < 4.78 is 0. The molecule has 0 aliphatic heterocycles.